The van der Waals surface area contributed by atoms with Gasteiger partial charge < -0.3 is 5.32 Å². The minimum atomic E-state index is -0.592. The third-order valence-corrected chi connectivity index (χ3v) is 6.19. The molecule has 0 bridgehead atoms. The van der Waals surface area contributed by atoms with Crippen LogP contribution in [0.25, 0.3) is 5.69 Å². The highest BCUT2D eigenvalue weighted by molar-refractivity contribution is 7.98. The molecule has 7 nitrogen and oxygen atoms in total. The Bertz CT molecular complexity index is 1160. The van der Waals surface area contributed by atoms with Gasteiger partial charge in [0.05, 0.1) is 16.3 Å². The molecular weight excluding hydrogens is 412 g/mol. The van der Waals surface area contributed by atoms with Gasteiger partial charge in [0.15, 0.2) is 0 Å². The van der Waals surface area contributed by atoms with Crippen molar-refractivity contribution >= 4 is 40.8 Å². The maximum Gasteiger partial charge on any atom is 0.282 e. The molecule has 3 aromatic rings. The largest absolute Gasteiger partial charge is 0.306 e. The number of amides is 1. The van der Waals surface area contributed by atoms with E-state index >= 15 is 0 Å². The fourth-order valence-corrected chi connectivity index (χ4v) is 4.51. The predicted molar refractivity (Wildman–Crippen MR) is 114 cm³/mol. The Hall–Kier alpha value is -2.84. The first-order valence-electron chi connectivity index (χ1n) is 8.87. The molecule has 0 fully saturated rings. The van der Waals surface area contributed by atoms with E-state index in [9.17, 15) is 14.9 Å². The quantitative estimate of drug-likeness (QED) is 0.464. The monoisotopic (exact) mass is 428 g/mol. The molecule has 0 saturated carbocycles. The van der Waals surface area contributed by atoms with E-state index in [1.807, 2.05) is 32.0 Å². The van der Waals surface area contributed by atoms with Gasteiger partial charge in [0.25, 0.3) is 11.6 Å². The first-order chi connectivity index (χ1) is 13.9. The molecule has 4 rings (SSSR count). The van der Waals surface area contributed by atoms with Gasteiger partial charge in [0, 0.05) is 28.2 Å². The second-order valence-corrected chi connectivity index (χ2v) is 8.19. The zero-order chi connectivity index (χ0) is 20.7. The number of nitro groups is 1. The highest BCUT2D eigenvalue weighted by atomic mass is 35.5. The van der Waals surface area contributed by atoms with Crippen molar-refractivity contribution in [2.45, 2.75) is 25.4 Å². The topological polar surface area (TPSA) is 90.1 Å². The Morgan fingerprint density at radius 3 is 2.83 bits per heavy atom. The molecule has 0 aliphatic carbocycles. The summed E-state index contributed by atoms with van der Waals surface area (Å²) in [6.45, 7) is 4.01. The number of thioether (sulfide) groups is 1. The van der Waals surface area contributed by atoms with Gasteiger partial charge in [-0.05, 0) is 43.2 Å². The number of aryl methyl sites for hydroxylation is 1. The summed E-state index contributed by atoms with van der Waals surface area (Å²) in [5, 5.41) is 19.2. The van der Waals surface area contributed by atoms with Crippen molar-refractivity contribution in [1.29, 1.82) is 0 Å². The van der Waals surface area contributed by atoms with E-state index in [1.54, 1.807) is 16.4 Å². The summed E-state index contributed by atoms with van der Waals surface area (Å²) in [4.78, 5) is 23.8. The van der Waals surface area contributed by atoms with Crippen LogP contribution < -0.4 is 5.32 Å². The summed E-state index contributed by atoms with van der Waals surface area (Å²) in [5.41, 5.74) is 4.48. The zero-order valence-corrected chi connectivity index (χ0v) is 17.3. The van der Waals surface area contributed by atoms with E-state index in [2.05, 4.69) is 5.32 Å². The number of nitrogens with zero attached hydrogens (tertiary/aromatic N) is 3. The summed E-state index contributed by atoms with van der Waals surface area (Å²) < 4.78 is 1.72. The molecule has 2 aromatic carbocycles. The molecule has 29 heavy (non-hydrogen) atoms. The third-order valence-electron chi connectivity index (χ3n) is 4.99. The zero-order valence-electron chi connectivity index (χ0n) is 15.7. The normalized spacial score (nSPS) is 12.7. The molecule has 0 radical (unpaired) electrons. The fraction of sp³-hybridized carbons (Fsp3) is 0.200. The molecule has 2 heterocycles. The molecule has 0 unspecified atom stereocenters. The lowest BCUT2D eigenvalue weighted by Crippen LogP contribution is -2.18. The van der Waals surface area contributed by atoms with E-state index in [0.717, 1.165) is 33.8 Å². The van der Waals surface area contributed by atoms with Gasteiger partial charge >= 0.3 is 0 Å². The number of hydrogen-bond acceptors (Lipinski definition) is 5. The Kier molecular flexibility index (Phi) is 5.06. The number of fused-ring (bicyclic) bond motifs is 1. The van der Waals surface area contributed by atoms with Gasteiger partial charge in [-0.15, -0.1) is 0 Å². The van der Waals surface area contributed by atoms with Crippen LogP contribution in [0.2, 0.25) is 5.02 Å². The Morgan fingerprint density at radius 2 is 2.07 bits per heavy atom. The number of aromatic nitrogens is 2. The highest BCUT2D eigenvalue weighted by Crippen LogP contribution is 2.37. The molecule has 9 heteroatoms. The predicted octanol–water partition coefficient (Wildman–Crippen LogP) is 5.05. The SMILES string of the molecule is Cc1cccc(-n2nc3c(c2NC(=O)c2cc(Cl)ccc2[N+](=O)[O-])CSC3)c1C. The van der Waals surface area contributed by atoms with Crippen molar-refractivity contribution in [1.82, 2.24) is 9.78 Å². The number of nitro benzene ring substituents is 1. The minimum absolute atomic E-state index is 0.0874. The number of nitrogens with one attached hydrogen (secondary N) is 1. The van der Waals surface area contributed by atoms with Gasteiger partial charge in [0.1, 0.15) is 11.4 Å². The number of carbonyl (C=O) groups excluding carboxylic acids is 1. The summed E-state index contributed by atoms with van der Waals surface area (Å²) >= 11 is 7.69. The van der Waals surface area contributed by atoms with Crippen LogP contribution in [0.15, 0.2) is 36.4 Å². The molecule has 1 amide bonds. The first kappa shape index (κ1) is 19.5. The van der Waals surface area contributed by atoms with E-state index in [1.165, 1.54) is 18.2 Å². The Morgan fingerprint density at radius 1 is 1.28 bits per heavy atom. The van der Waals surface area contributed by atoms with E-state index in [4.69, 9.17) is 16.7 Å². The second kappa shape index (κ2) is 7.53. The molecular formula is C20H17ClN4O3S. The summed E-state index contributed by atoms with van der Waals surface area (Å²) in [5.74, 6) is 1.42. The van der Waals surface area contributed by atoms with Crippen LogP contribution in [0, 0.1) is 24.0 Å². The molecule has 148 valence electrons. The lowest BCUT2D eigenvalue weighted by molar-refractivity contribution is -0.385. The standard InChI is InChI=1S/C20H17ClN4O3S/c1-11-4-3-5-17(12(11)2)24-19(15-9-29-10-16(15)23-24)22-20(26)14-8-13(21)6-7-18(14)25(27)28/h3-8H,9-10H2,1-2H3,(H,22,26). The van der Waals surface area contributed by atoms with Crippen molar-refractivity contribution < 1.29 is 9.72 Å². The van der Waals surface area contributed by atoms with Crippen LogP contribution in [-0.2, 0) is 11.5 Å². The van der Waals surface area contributed by atoms with Crippen molar-refractivity contribution in [2.24, 2.45) is 0 Å². The maximum absolute atomic E-state index is 13.0. The summed E-state index contributed by atoms with van der Waals surface area (Å²) in [6, 6.07) is 9.83. The smallest absolute Gasteiger partial charge is 0.282 e. The van der Waals surface area contributed by atoms with Crippen LogP contribution in [0.4, 0.5) is 11.5 Å². The molecule has 1 aromatic heterocycles. The average molecular weight is 429 g/mol. The average Bonchev–Trinajstić information content (AvgIpc) is 3.26. The third kappa shape index (κ3) is 3.49. The van der Waals surface area contributed by atoms with E-state index in [-0.39, 0.29) is 16.3 Å². The van der Waals surface area contributed by atoms with Gasteiger partial charge in [-0.25, -0.2) is 4.68 Å². The second-order valence-electron chi connectivity index (χ2n) is 6.77. The van der Waals surface area contributed by atoms with Crippen LogP contribution in [-0.4, -0.2) is 20.6 Å². The number of rotatable bonds is 4. The van der Waals surface area contributed by atoms with E-state index in [0.29, 0.717) is 11.6 Å². The fourth-order valence-electron chi connectivity index (χ4n) is 3.30. The number of carbonyl (C=O) groups is 1. The first-order valence-corrected chi connectivity index (χ1v) is 10.4. The van der Waals surface area contributed by atoms with Crippen molar-refractivity contribution in [3.63, 3.8) is 0 Å². The van der Waals surface area contributed by atoms with Crippen LogP contribution in [0.5, 0.6) is 0 Å². The van der Waals surface area contributed by atoms with Crippen LogP contribution in [0.3, 0.4) is 0 Å². The van der Waals surface area contributed by atoms with Crippen LogP contribution >= 0.6 is 23.4 Å². The molecule has 0 saturated heterocycles. The Balaban J connectivity index is 1.81. The van der Waals surface area contributed by atoms with Gasteiger partial charge in [-0.3, -0.25) is 14.9 Å². The van der Waals surface area contributed by atoms with Crippen molar-refractivity contribution in [3.05, 3.63) is 79.5 Å². The van der Waals surface area contributed by atoms with Gasteiger partial charge in [-0.1, -0.05) is 23.7 Å². The molecule has 0 atom stereocenters. The number of hydrogen-bond donors (Lipinski definition) is 1. The van der Waals surface area contributed by atoms with Crippen LogP contribution in [0.1, 0.15) is 32.7 Å². The molecule has 0 spiro atoms. The minimum Gasteiger partial charge on any atom is -0.306 e. The van der Waals surface area contributed by atoms with Crippen molar-refractivity contribution in [3.8, 4) is 5.69 Å². The molecule has 1 aliphatic heterocycles. The maximum atomic E-state index is 13.0. The van der Waals surface area contributed by atoms with Crippen molar-refractivity contribution in [2.75, 3.05) is 5.32 Å². The van der Waals surface area contributed by atoms with E-state index < -0.39 is 10.8 Å². The number of benzene rings is 2. The Labute approximate surface area is 176 Å². The molecule has 1 aliphatic rings. The highest BCUT2D eigenvalue weighted by Gasteiger charge is 2.28. The number of anilines is 1. The number of halogens is 1. The van der Waals surface area contributed by atoms with Gasteiger partial charge in [0.2, 0.25) is 0 Å². The van der Waals surface area contributed by atoms with Gasteiger partial charge in [-0.2, -0.15) is 16.9 Å². The lowest BCUT2D eigenvalue weighted by Gasteiger charge is -2.14. The lowest BCUT2D eigenvalue weighted by atomic mass is 10.1. The summed E-state index contributed by atoms with van der Waals surface area (Å²) in [7, 11) is 0. The molecule has 1 N–H and O–H groups in total. The summed E-state index contributed by atoms with van der Waals surface area (Å²) in [6.07, 6.45) is 0.